The normalized spacial score (nSPS) is 20.8. The fourth-order valence-electron chi connectivity index (χ4n) is 3.95. The van der Waals surface area contributed by atoms with Gasteiger partial charge in [0, 0.05) is 33.2 Å². The number of fused-ring (bicyclic) bond motifs is 1. The van der Waals surface area contributed by atoms with E-state index in [4.69, 9.17) is 9.72 Å². The Hall–Kier alpha value is -1.93. The van der Waals surface area contributed by atoms with E-state index in [1.54, 1.807) is 7.05 Å². The summed E-state index contributed by atoms with van der Waals surface area (Å²) < 4.78 is 10.1. The Labute approximate surface area is 153 Å². The van der Waals surface area contributed by atoms with E-state index in [1.807, 2.05) is 11.5 Å². The zero-order valence-electron chi connectivity index (χ0n) is 16.2. The zero-order valence-corrected chi connectivity index (χ0v) is 16.2. The van der Waals surface area contributed by atoms with Crippen LogP contribution in [0.15, 0.2) is 9.59 Å². The number of aryl methyl sites for hydroxylation is 1. The van der Waals surface area contributed by atoms with E-state index < -0.39 is 0 Å². The predicted molar refractivity (Wildman–Crippen MR) is 99.5 cm³/mol. The molecular formula is C18H30N5O3+. The van der Waals surface area contributed by atoms with Gasteiger partial charge in [-0.3, -0.25) is 13.9 Å². The van der Waals surface area contributed by atoms with E-state index >= 15 is 0 Å². The summed E-state index contributed by atoms with van der Waals surface area (Å²) in [5.41, 5.74) is 0.325. The van der Waals surface area contributed by atoms with Crippen molar-refractivity contribution < 1.29 is 9.64 Å². The highest BCUT2D eigenvalue weighted by Gasteiger charge is 2.25. The number of imidazole rings is 1. The maximum Gasteiger partial charge on any atom is 0.332 e. The molecule has 0 radical (unpaired) electrons. The molecule has 1 aliphatic rings. The average Bonchev–Trinajstić information content (AvgIpc) is 2.97. The van der Waals surface area contributed by atoms with Gasteiger partial charge in [-0.05, 0) is 19.8 Å². The maximum absolute atomic E-state index is 12.8. The molecule has 0 aromatic carbocycles. The third-order valence-corrected chi connectivity index (χ3v) is 5.36. The Balaban J connectivity index is 2.07. The molecule has 0 aliphatic carbocycles. The molecule has 8 nitrogen and oxygen atoms in total. The summed E-state index contributed by atoms with van der Waals surface area (Å²) in [6.07, 6.45) is 2.50. The van der Waals surface area contributed by atoms with Crippen molar-refractivity contribution in [1.29, 1.82) is 0 Å². The molecule has 1 saturated heterocycles. The van der Waals surface area contributed by atoms with Gasteiger partial charge in [-0.25, -0.2) is 9.78 Å². The van der Waals surface area contributed by atoms with Crippen molar-refractivity contribution in [2.45, 2.75) is 39.8 Å². The number of aromatic nitrogens is 4. The second kappa shape index (κ2) is 7.75. The second-order valence-electron chi connectivity index (χ2n) is 7.38. The van der Waals surface area contributed by atoms with Crippen LogP contribution in [0.2, 0.25) is 0 Å². The van der Waals surface area contributed by atoms with Crippen LogP contribution in [-0.2, 0) is 31.9 Å². The second-order valence-corrected chi connectivity index (χ2v) is 7.38. The molecule has 2 aromatic rings. The van der Waals surface area contributed by atoms with Crippen LogP contribution in [0.25, 0.3) is 11.2 Å². The van der Waals surface area contributed by atoms with E-state index in [0.29, 0.717) is 36.8 Å². The quantitative estimate of drug-likeness (QED) is 0.687. The van der Waals surface area contributed by atoms with Crippen LogP contribution < -0.4 is 16.1 Å². The highest BCUT2D eigenvalue weighted by Crippen LogP contribution is 2.12. The first-order chi connectivity index (χ1) is 12.4. The topological polar surface area (TPSA) is 75.5 Å². The summed E-state index contributed by atoms with van der Waals surface area (Å²) in [6, 6.07) is 0. The van der Waals surface area contributed by atoms with E-state index in [9.17, 15) is 9.59 Å². The van der Waals surface area contributed by atoms with Gasteiger partial charge in [0.1, 0.15) is 6.54 Å². The number of likely N-dealkylation sites (tertiary alicyclic amines) is 1. The van der Waals surface area contributed by atoms with Gasteiger partial charge < -0.3 is 14.2 Å². The average molecular weight is 364 g/mol. The Morgan fingerprint density at radius 2 is 2.04 bits per heavy atom. The lowest BCUT2D eigenvalue weighted by atomic mass is 10.0. The molecule has 0 saturated carbocycles. The largest absolute Gasteiger partial charge is 0.380 e. The van der Waals surface area contributed by atoms with Gasteiger partial charge in [0.25, 0.3) is 5.56 Å². The molecule has 2 aromatic heterocycles. The first kappa shape index (κ1) is 18.8. The van der Waals surface area contributed by atoms with Crippen molar-refractivity contribution in [3.63, 3.8) is 0 Å². The number of ether oxygens (including phenoxy) is 1. The van der Waals surface area contributed by atoms with Gasteiger partial charge in [-0.2, -0.15) is 0 Å². The van der Waals surface area contributed by atoms with Crippen molar-refractivity contribution >= 4 is 11.2 Å². The van der Waals surface area contributed by atoms with Crippen molar-refractivity contribution in [2.24, 2.45) is 20.0 Å². The first-order valence-electron chi connectivity index (χ1n) is 9.50. The minimum Gasteiger partial charge on any atom is -0.380 e. The van der Waals surface area contributed by atoms with Gasteiger partial charge in [0.15, 0.2) is 17.0 Å². The van der Waals surface area contributed by atoms with Crippen molar-refractivity contribution in [1.82, 2.24) is 18.7 Å². The van der Waals surface area contributed by atoms with Crippen molar-refractivity contribution in [2.75, 3.05) is 26.3 Å². The number of hydrogen-bond donors (Lipinski definition) is 1. The Morgan fingerprint density at radius 1 is 1.27 bits per heavy atom. The fourth-order valence-corrected chi connectivity index (χ4v) is 3.95. The van der Waals surface area contributed by atoms with Gasteiger partial charge in [0.2, 0.25) is 0 Å². The number of rotatable bonds is 6. The predicted octanol–water partition coefficient (Wildman–Crippen LogP) is -0.715. The SMILES string of the molecule is CCOCCn1c(C[NH+]2CCC[C@H](C)C2)nc2c1c(=O)n(C)c(=O)n2C. The van der Waals surface area contributed by atoms with E-state index in [2.05, 4.69) is 6.92 Å². The summed E-state index contributed by atoms with van der Waals surface area (Å²) >= 11 is 0. The molecule has 0 spiro atoms. The van der Waals surface area contributed by atoms with Gasteiger partial charge >= 0.3 is 5.69 Å². The first-order valence-corrected chi connectivity index (χ1v) is 9.50. The lowest BCUT2D eigenvalue weighted by molar-refractivity contribution is -0.922. The van der Waals surface area contributed by atoms with Crippen LogP contribution in [-0.4, -0.2) is 45.0 Å². The van der Waals surface area contributed by atoms with Crippen LogP contribution in [0.3, 0.4) is 0 Å². The molecule has 3 rings (SSSR count). The highest BCUT2D eigenvalue weighted by atomic mass is 16.5. The molecular weight excluding hydrogens is 334 g/mol. The van der Waals surface area contributed by atoms with Crippen LogP contribution in [0.1, 0.15) is 32.5 Å². The molecule has 1 unspecified atom stereocenters. The minimum atomic E-state index is -0.345. The van der Waals surface area contributed by atoms with E-state index in [-0.39, 0.29) is 11.2 Å². The zero-order chi connectivity index (χ0) is 18.8. The van der Waals surface area contributed by atoms with Crippen molar-refractivity contribution in [3.05, 3.63) is 26.7 Å². The van der Waals surface area contributed by atoms with Crippen LogP contribution >= 0.6 is 0 Å². The molecule has 3 heterocycles. The smallest absolute Gasteiger partial charge is 0.332 e. The molecule has 2 atom stereocenters. The van der Waals surface area contributed by atoms with Gasteiger partial charge in [-0.1, -0.05) is 6.92 Å². The summed E-state index contributed by atoms with van der Waals surface area (Å²) in [4.78, 5) is 31.2. The summed E-state index contributed by atoms with van der Waals surface area (Å²) in [6.45, 7) is 8.96. The Kier molecular flexibility index (Phi) is 5.62. The van der Waals surface area contributed by atoms with E-state index in [1.165, 1.54) is 29.4 Å². The molecule has 0 amide bonds. The molecule has 144 valence electrons. The lowest BCUT2D eigenvalue weighted by Crippen LogP contribution is -3.12. The summed E-state index contributed by atoms with van der Waals surface area (Å²) in [7, 11) is 3.19. The molecule has 1 fully saturated rings. The summed E-state index contributed by atoms with van der Waals surface area (Å²) in [5.74, 6) is 1.57. The third-order valence-electron chi connectivity index (χ3n) is 5.36. The number of piperidine rings is 1. The fraction of sp³-hybridized carbons (Fsp3) is 0.722. The van der Waals surface area contributed by atoms with Crippen molar-refractivity contribution in [3.8, 4) is 0 Å². The molecule has 8 heteroatoms. The molecule has 1 aliphatic heterocycles. The third kappa shape index (κ3) is 3.48. The number of hydrogen-bond acceptors (Lipinski definition) is 4. The molecule has 1 N–H and O–H groups in total. The van der Waals surface area contributed by atoms with Gasteiger partial charge in [-0.15, -0.1) is 0 Å². The Morgan fingerprint density at radius 3 is 2.73 bits per heavy atom. The number of nitrogens with zero attached hydrogens (tertiary/aromatic N) is 4. The highest BCUT2D eigenvalue weighted by molar-refractivity contribution is 5.71. The number of nitrogens with one attached hydrogen (secondary N) is 1. The monoisotopic (exact) mass is 364 g/mol. The summed E-state index contributed by atoms with van der Waals surface area (Å²) in [5, 5.41) is 0. The minimum absolute atomic E-state index is 0.291. The lowest BCUT2D eigenvalue weighted by Gasteiger charge is -2.27. The number of quaternary nitrogens is 1. The molecule has 0 bridgehead atoms. The van der Waals surface area contributed by atoms with Crippen LogP contribution in [0, 0.1) is 5.92 Å². The standard InChI is InChI=1S/C18H29N5O3/c1-5-26-10-9-23-14(12-22-8-6-7-13(2)11-22)19-16-15(23)17(24)21(4)18(25)20(16)3/h13H,5-12H2,1-4H3/p+1/t13-/m0/s1. The van der Waals surface area contributed by atoms with E-state index in [0.717, 1.165) is 30.0 Å². The molecule has 26 heavy (non-hydrogen) atoms. The maximum atomic E-state index is 12.8. The Bertz CT molecular complexity index is 895. The van der Waals surface area contributed by atoms with Crippen LogP contribution in [0.5, 0.6) is 0 Å². The van der Waals surface area contributed by atoms with Gasteiger partial charge in [0.05, 0.1) is 19.7 Å². The van der Waals surface area contributed by atoms with Crippen LogP contribution in [0.4, 0.5) is 0 Å².